The molecule has 0 aliphatic heterocycles. The van der Waals surface area contributed by atoms with Gasteiger partial charge in [-0.25, -0.2) is 0 Å². The maximum absolute atomic E-state index is 4.66. The summed E-state index contributed by atoms with van der Waals surface area (Å²) in [5.74, 6) is 1.35. The van der Waals surface area contributed by atoms with Crippen molar-refractivity contribution in [3.8, 4) is 0 Å². The number of pyridine rings is 1. The van der Waals surface area contributed by atoms with Gasteiger partial charge in [0.2, 0.25) is 0 Å². The SMILES string of the molecule is Cc1c(C(C)C)nnc(C(C)CCC(C)c2nnc(C(C)C)c3cccnc23)c1C. The Morgan fingerprint density at radius 2 is 1.17 bits per heavy atom. The molecule has 2 unspecified atom stereocenters. The third kappa shape index (κ3) is 4.35. The van der Waals surface area contributed by atoms with Gasteiger partial charge in [-0.05, 0) is 61.8 Å². The van der Waals surface area contributed by atoms with Crippen LogP contribution in [0, 0.1) is 13.8 Å². The van der Waals surface area contributed by atoms with Crippen LogP contribution in [-0.2, 0) is 0 Å². The Balaban J connectivity index is 1.80. The summed E-state index contributed by atoms with van der Waals surface area (Å²) in [6.07, 6.45) is 3.89. The Kier molecular flexibility index (Phi) is 6.79. The molecule has 3 rings (SSSR count). The van der Waals surface area contributed by atoms with E-state index in [1.54, 1.807) is 0 Å². The third-order valence-electron chi connectivity index (χ3n) is 6.25. The van der Waals surface area contributed by atoms with E-state index in [-0.39, 0.29) is 5.92 Å². The lowest BCUT2D eigenvalue weighted by Gasteiger charge is -2.19. The highest BCUT2D eigenvalue weighted by atomic mass is 15.1. The molecule has 3 aromatic heterocycles. The van der Waals surface area contributed by atoms with Gasteiger partial charge in [-0.3, -0.25) is 4.98 Å². The summed E-state index contributed by atoms with van der Waals surface area (Å²) in [4.78, 5) is 4.66. The van der Waals surface area contributed by atoms with E-state index in [1.165, 1.54) is 11.1 Å². The lowest BCUT2D eigenvalue weighted by molar-refractivity contribution is 0.546. The van der Waals surface area contributed by atoms with Crippen LogP contribution < -0.4 is 0 Å². The fourth-order valence-corrected chi connectivity index (χ4v) is 4.22. The first-order valence-electron chi connectivity index (χ1n) is 11.2. The highest BCUT2D eigenvalue weighted by Crippen LogP contribution is 2.32. The van der Waals surface area contributed by atoms with Gasteiger partial charge in [0.1, 0.15) is 0 Å². The number of hydrogen-bond acceptors (Lipinski definition) is 5. The molecule has 0 radical (unpaired) electrons. The minimum Gasteiger partial charge on any atom is -0.254 e. The second-order valence-electron chi connectivity index (χ2n) is 9.28. The topological polar surface area (TPSA) is 64.5 Å². The first-order valence-corrected chi connectivity index (χ1v) is 11.2. The highest BCUT2D eigenvalue weighted by Gasteiger charge is 2.21. The molecule has 5 heteroatoms. The van der Waals surface area contributed by atoms with Crippen LogP contribution in [0.1, 0.15) is 112 Å². The molecule has 2 atom stereocenters. The fraction of sp³-hybridized carbons (Fsp3) is 0.560. The summed E-state index contributed by atoms with van der Waals surface area (Å²) >= 11 is 0. The summed E-state index contributed by atoms with van der Waals surface area (Å²) in [6, 6.07) is 4.10. The highest BCUT2D eigenvalue weighted by molar-refractivity contribution is 5.83. The van der Waals surface area contributed by atoms with Gasteiger partial charge >= 0.3 is 0 Å². The molecule has 0 N–H and O–H groups in total. The molecule has 0 aromatic carbocycles. The van der Waals surface area contributed by atoms with Crippen LogP contribution in [0.15, 0.2) is 18.3 Å². The second kappa shape index (κ2) is 9.15. The molecule has 0 amide bonds. The van der Waals surface area contributed by atoms with Gasteiger partial charge in [-0.15, -0.1) is 0 Å². The number of fused-ring (bicyclic) bond motifs is 1. The quantitative estimate of drug-likeness (QED) is 0.457. The predicted molar refractivity (Wildman–Crippen MR) is 123 cm³/mol. The first-order chi connectivity index (χ1) is 14.2. The molecular formula is C25H35N5. The second-order valence-corrected chi connectivity index (χ2v) is 9.28. The third-order valence-corrected chi connectivity index (χ3v) is 6.25. The van der Waals surface area contributed by atoms with E-state index < -0.39 is 0 Å². The van der Waals surface area contributed by atoms with Crippen molar-refractivity contribution in [3.05, 3.63) is 52.2 Å². The average Bonchev–Trinajstić information content (AvgIpc) is 2.72. The zero-order valence-corrected chi connectivity index (χ0v) is 19.7. The largest absolute Gasteiger partial charge is 0.254 e. The smallest absolute Gasteiger partial charge is 0.0957 e. The molecule has 160 valence electrons. The van der Waals surface area contributed by atoms with Gasteiger partial charge in [-0.1, -0.05) is 41.5 Å². The van der Waals surface area contributed by atoms with Crippen LogP contribution in [-0.4, -0.2) is 25.4 Å². The maximum atomic E-state index is 4.66. The number of nitrogens with zero attached hydrogens (tertiary/aromatic N) is 5. The molecule has 0 bridgehead atoms. The van der Waals surface area contributed by atoms with E-state index in [0.29, 0.717) is 17.8 Å². The van der Waals surface area contributed by atoms with Gasteiger partial charge in [-0.2, -0.15) is 20.4 Å². The van der Waals surface area contributed by atoms with Crippen molar-refractivity contribution in [2.24, 2.45) is 0 Å². The van der Waals surface area contributed by atoms with Crippen molar-refractivity contribution >= 4 is 10.9 Å². The van der Waals surface area contributed by atoms with Crippen molar-refractivity contribution in [1.82, 2.24) is 25.4 Å². The Labute approximate surface area is 180 Å². The van der Waals surface area contributed by atoms with Crippen molar-refractivity contribution in [2.45, 2.75) is 91.9 Å². The van der Waals surface area contributed by atoms with E-state index >= 15 is 0 Å². The summed E-state index contributed by atoms with van der Waals surface area (Å²) in [7, 11) is 0. The maximum Gasteiger partial charge on any atom is 0.0957 e. The van der Waals surface area contributed by atoms with Gasteiger partial charge in [0.05, 0.1) is 28.3 Å². The van der Waals surface area contributed by atoms with Crippen LogP contribution in [0.5, 0.6) is 0 Å². The zero-order valence-electron chi connectivity index (χ0n) is 19.7. The first kappa shape index (κ1) is 22.3. The standard InChI is InChI=1S/C25H35N5/c1-14(2)21-18(7)19(8)23(29-27-21)16(5)11-12-17(6)24-25-20(10-9-13-26-25)22(15(3)4)28-30-24/h9-10,13-17H,11-12H2,1-8H3. The van der Waals surface area contributed by atoms with Crippen LogP contribution in [0.4, 0.5) is 0 Å². The summed E-state index contributed by atoms with van der Waals surface area (Å²) < 4.78 is 0. The van der Waals surface area contributed by atoms with E-state index in [4.69, 9.17) is 0 Å². The summed E-state index contributed by atoms with van der Waals surface area (Å²) in [6.45, 7) is 17.5. The van der Waals surface area contributed by atoms with Gasteiger partial charge < -0.3 is 0 Å². The molecule has 30 heavy (non-hydrogen) atoms. The normalized spacial score (nSPS) is 13.9. The number of rotatable bonds is 7. The van der Waals surface area contributed by atoms with E-state index in [0.717, 1.165) is 46.5 Å². The van der Waals surface area contributed by atoms with E-state index in [2.05, 4.69) is 86.8 Å². The van der Waals surface area contributed by atoms with Crippen LogP contribution in [0.3, 0.4) is 0 Å². The molecule has 3 aromatic rings. The lowest BCUT2D eigenvalue weighted by Crippen LogP contribution is -2.11. The van der Waals surface area contributed by atoms with Crippen molar-refractivity contribution < 1.29 is 0 Å². The molecule has 0 aliphatic carbocycles. The molecule has 3 heterocycles. The number of hydrogen-bond donors (Lipinski definition) is 0. The van der Waals surface area contributed by atoms with Gasteiger partial charge in [0, 0.05) is 23.4 Å². The molecule has 0 aliphatic rings. The lowest BCUT2D eigenvalue weighted by atomic mass is 9.89. The molecule has 0 saturated carbocycles. The van der Waals surface area contributed by atoms with Crippen molar-refractivity contribution in [2.75, 3.05) is 0 Å². The van der Waals surface area contributed by atoms with E-state index in [9.17, 15) is 0 Å². The Morgan fingerprint density at radius 3 is 1.80 bits per heavy atom. The van der Waals surface area contributed by atoms with Crippen molar-refractivity contribution in [3.63, 3.8) is 0 Å². The minimum absolute atomic E-state index is 0.280. The monoisotopic (exact) mass is 405 g/mol. The molecule has 0 spiro atoms. The zero-order chi connectivity index (χ0) is 22.0. The van der Waals surface area contributed by atoms with Crippen LogP contribution >= 0.6 is 0 Å². The molecule has 0 fully saturated rings. The fourth-order valence-electron chi connectivity index (χ4n) is 4.22. The molecule has 5 nitrogen and oxygen atoms in total. The minimum atomic E-state index is 0.280. The Morgan fingerprint density at radius 1 is 0.667 bits per heavy atom. The van der Waals surface area contributed by atoms with Gasteiger partial charge in [0.15, 0.2) is 0 Å². The van der Waals surface area contributed by atoms with E-state index in [1.807, 2.05) is 12.3 Å². The average molecular weight is 406 g/mol. The summed E-state index contributed by atoms with van der Waals surface area (Å²) in [5, 5.41) is 19.4. The number of aromatic nitrogens is 5. The van der Waals surface area contributed by atoms with Crippen molar-refractivity contribution in [1.29, 1.82) is 0 Å². The predicted octanol–water partition coefficient (Wildman–Crippen LogP) is 6.37. The van der Waals surface area contributed by atoms with Crippen LogP contribution in [0.2, 0.25) is 0 Å². The molecule has 0 saturated heterocycles. The Hall–Kier alpha value is -2.43. The summed E-state index contributed by atoms with van der Waals surface area (Å²) in [5.41, 5.74) is 7.79. The Bertz CT molecular complexity index is 1030. The van der Waals surface area contributed by atoms with Gasteiger partial charge in [0.25, 0.3) is 0 Å². The molecular weight excluding hydrogens is 370 g/mol. The van der Waals surface area contributed by atoms with Crippen LogP contribution in [0.25, 0.3) is 10.9 Å².